The van der Waals surface area contributed by atoms with Crippen LogP contribution in [0.4, 0.5) is 0 Å². The highest BCUT2D eigenvalue weighted by molar-refractivity contribution is 5.72. The number of ether oxygens (including phenoxy) is 2. The van der Waals surface area contributed by atoms with Crippen molar-refractivity contribution in [2.24, 2.45) is 69.0 Å². The Morgan fingerprint density at radius 3 is 2.16 bits per heavy atom. The average molecular weight is 597 g/mol. The molecule has 6 fully saturated rings. The molecule has 0 spiro atoms. The van der Waals surface area contributed by atoms with Gasteiger partial charge in [0.1, 0.15) is 12.2 Å². The van der Waals surface area contributed by atoms with E-state index >= 15 is 0 Å². The molecule has 0 aromatic carbocycles. The van der Waals surface area contributed by atoms with Gasteiger partial charge in [-0.3, -0.25) is 9.59 Å². The molecule has 0 saturated heterocycles. The quantitative estimate of drug-likeness (QED) is 0.262. The van der Waals surface area contributed by atoms with Gasteiger partial charge in [-0.05, 0) is 148 Å². The summed E-state index contributed by atoms with van der Waals surface area (Å²) < 4.78 is 12.3. The van der Waals surface area contributed by atoms with Gasteiger partial charge in [-0.2, -0.15) is 0 Å². The summed E-state index contributed by atoms with van der Waals surface area (Å²) in [5, 5.41) is 0. The monoisotopic (exact) mass is 596 g/mol. The van der Waals surface area contributed by atoms with Gasteiger partial charge in [-0.1, -0.05) is 55.4 Å². The molecule has 0 aliphatic heterocycles. The summed E-state index contributed by atoms with van der Waals surface area (Å²) in [7, 11) is 0. The van der Waals surface area contributed by atoms with Gasteiger partial charge in [0.2, 0.25) is 0 Å². The van der Waals surface area contributed by atoms with E-state index in [1.165, 1.54) is 57.8 Å². The molecule has 0 heterocycles. The predicted molar refractivity (Wildman–Crippen MR) is 172 cm³/mol. The van der Waals surface area contributed by atoms with E-state index in [4.69, 9.17) is 9.47 Å². The van der Waals surface area contributed by atoms with Gasteiger partial charge in [0.05, 0.1) is 5.92 Å². The summed E-state index contributed by atoms with van der Waals surface area (Å²) in [4.78, 5) is 25.7. The second kappa shape index (κ2) is 11.3. The highest BCUT2D eigenvalue weighted by Crippen LogP contribution is 2.69. The molecule has 0 amide bonds. The van der Waals surface area contributed by atoms with Gasteiger partial charge >= 0.3 is 11.9 Å². The fourth-order valence-electron chi connectivity index (χ4n) is 12.8. The molecule has 6 aliphatic carbocycles. The van der Waals surface area contributed by atoms with Crippen molar-refractivity contribution in [1.29, 1.82) is 0 Å². The molecule has 4 nitrogen and oxygen atoms in total. The van der Waals surface area contributed by atoms with E-state index in [2.05, 4.69) is 48.5 Å². The van der Waals surface area contributed by atoms with Crippen LogP contribution in [-0.2, 0) is 19.1 Å². The lowest BCUT2D eigenvalue weighted by atomic mass is 9.44. The van der Waals surface area contributed by atoms with Crippen LogP contribution in [0.15, 0.2) is 0 Å². The van der Waals surface area contributed by atoms with Crippen LogP contribution >= 0.6 is 0 Å². The van der Waals surface area contributed by atoms with Crippen molar-refractivity contribution >= 4 is 11.9 Å². The first kappa shape index (κ1) is 31.9. The van der Waals surface area contributed by atoms with Gasteiger partial charge < -0.3 is 9.47 Å². The molecule has 2 bridgehead atoms. The largest absolute Gasteiger partial charge is 0.462 e. The molecule has 6 aliphatic rings. The molecule has 6 saturated carbocycles. The second-order valence-corrected chi connectivity index (χ2v) is 18.1. The van der Waals surface area contributed by atoms with Crippen molar-refractivity contribution in [2.45, 2.75) is 164 Å². The van der Waals surface area contributed by atoms with Crippen LogP contribution in [0.2, 0.25) is 0 Å². The smallest absolute Gasteiger partial charge is 0.308 e. The Labute approximate surface area is 263 Å². The molecule has 0 N–H and O–H groups in total. The molecule has 6 rings (SSSR count). The number of carbonyl (C=O) groups is 2. The first-order chi connectivity index (χ1) is 20.2. The Morgan fingerprint density at radius 1 is 0.767 bits per heavy atom. The Kier molecular flexibility index (Phi) is 8.40. The van der Waals surface area contributed by atoms with Crippen LogP contribution in [-0.4, -0.2) is 24.1 Å². The lowest BCUT2D eigenvalue weighted by molar-refractivity contribution is -0.166. The first-order valence-electron chi connectivity index (χ1n) is 18.6. The number of carbonyl (C=O) groups excluding carboxylic acids is 2. The maximum Gasteiger partial charge on any atom is 0.308 e. The Morgan fingerprint density at radius 2 is 1.49 bits per heavy atom. The maximum absolute atomic E-state index is 13.1. The molecule has 43 heavy (non-hydrogen) atoms. The maximum atomic E-state index is 13.1. The number of rotatable bonds is 8. The summed E-state index contributed by atoms with van der Waals surface area (Å²) in [5.74, 6) is 5.31. The van der Waals surface area contributed by atoms with Crippen LogP contribution < -0.4 is 0 Å². The van der Waals surface area contributed by atoms with Crippen molar-refractivity contribution in [1.82, 2.24) is 0 Å². The summed E-state index contributed by atoms with van der Waals surface area (Å²) in [6, 6.07) is 0. The minimum Gasteiger partial charge on any atom is -0.462 e. The van der Waals surface area contributed by atoms with Crippen LogP contribution in [0.25, 0.3) is 0 Å². The number of hydrogen-bond acceptors (Lipinski definition) is 4. The zero-order valence-electron chi connectivity index (χ0n) is 29.0. The third kappa shape index (κ3) is 5.04. The minimum atomic E-state index is 0.0152. The van der Waals surface area contributed by atoms with E-state index < -0.39 is 0 Å². The lowest BCUT2D eigenvalue weighted by Crippen LogP contribution is -2.54. The summed E-state index contributed by atoms with van der Waals surface area (Å²) in [6.45, 7) is 18.9. The topological polar surface area (TPSA) is 52.6 Å². The highest BCUT2D eigenvalue weighted by Gasteiger charge is 2.63. The molecule has 244 valence electrons. The van der Waals surface area contributed by atoms with Crippen molar-refractivity contribution in [2.75, 3.05) is 0 Å². The molecular weight excluding hydrogens is 532 g/mol. The molecule has 13 atom stereocenters. The average Bonchev–Trinajstić information content (AvgIpc) is 3.50. The van der Waals surface area contributed by atoms with Gasteiger partial charge in [0.25, 0.3) is 0 Å². The molecule has 0 radical (unpaired) electrons. The van der Waals surface area contributed by atoms with Crippen molar-refractivity contribution in [3.63, 3.8) is 0 Å². The van der Waals surface area contributed by atoms with E-state index in [0.717, 1.165) is 55.8 Å². The van der Waals surface area contributed by atoms with Crippen LogP contribution in [0, 0.1) is 69.0 Å². The predicted octanol–water partition coefficient (Wildman–Crippen LogP) is 9.78. The number of fused-ring (bicyclic) bond motifs is 7. The molecular formula is C39H64O4. The van der Waals surface area contributed by atoms with Gasteiger partial charge in [-0.15, -0.1) is 0 Å². The molecule has 4 heteroatoms. The van der Waals surface area contributed by atoms with Crippen molar-refractivity contribution < 1.29 is 19.1 Å². The summed E-state index contributed by atoms with van der Waals surface area (Å²) in [5.41, 5.74) is 1.25. The third-order valence-corrected chi connectivity index (χ3v) is 16.5. The number of esters is 2. The van der Waals surface area contributed by atoms with E-state index in [9.17, 15) is 9.59 Å². The number of hydrogen-bond donors (Lipinski definition) is 0. The first-order valence-corrected chi connectivity index (χ1v) is 18.6. The Hall–Kier alpha value is -1.06. The van der Waals surface area contributed by atoms with Crippen molar-refractivity contribution in [3.8, 4) is 0 Å². The van der Waals surface area contributed by atoms with E-state index in [1.54, 1.807) is 0 Å². The van der Waals surface area contributed by atoms with E-state index in [1.807, 2.05) is 6.92 Å². The van der Waals surface area contributed by atoms with E-state index in [-0.39, 0.29) is 40.9 Å². The minimum absolute atomic E-state index is 0.0152. The highest BCUT2D eigenvalue weighted by atomic mass is 16.5. The zero-order chi connectivity index (χ0) is 30.9. The van der Waals surface area contributed by atoms with Crippen LogP contribution in [0.1, 0.15) is 152 Å². The molecule has 13 unspecified atom stereocenters. The Bertz CT molecular complexity index is 1070. The van der Waals surface area contributed by atoms with Crippen molar-refractivity contribution in [3.05, 3.63) is 0 Å². The van der Waals surface area contributed by atoms with Gasteiger partial charge in [0, 0.05) is 11.8 Å². The van der Waals surface area contributed by atoms with Crippen LogP contribution in [0.5, 0.6) is 0 Å². The third-order valence-electron chi connectivity index (χ3n) is 16.5. The molecule has 0 aromatic heterocycles. The standard InChI is InChI=1S/C39H64O4/c1-9-24(2)35(41)42-28-17-19-37(6)27(22-28)11-12-29-31-14-13-30(38(31,7)20-18-32(29)37)25(3)10-15-34(40)43-33-23-26-16-21-39(33,8)36(26,4)5/h24-33H,9-23H2,1-8H3. The SMILES string of the molecule is CCC(C)C(=O)OC1CCC2(C)C(CCC3C2CCC2(C)C(C(C)CCC(=O)OC4CC5CCC4(C)C5(C)C)CCC32)C1. The second-order valence-electron chi connectivity index (χ2n) is 18.1. The lowest BCUT2D eigenvalue weighted by Gasteiger charge is -2.61. The Balaban J connectivity index is 1.04. The van der Waals surface area contributed by atoms with Crippen LogP contribution in [0.3, 0.4) is 0 Å². The zero-order valence-corrected chi connectivity index (χ0v) is 29.0. The van der Waals surface area contributed by atoms with Gasteiger partial charge in [0.15, 0.2) is 0 Å². The van der Waals surface area contributed by atoms with E-state index in [0.29, 0.717) is 35.0 Å². The van der Waals surface area contributed by atoms with Gasteiger partial charge in [-0.25, -0.2) is 0 Å². The summed E-state index contributed by atoms with van der Waals surface area (Å²) in [6.07, 6.45) is 17.7. The molecule has 0 aromatic rings. The normalized spacial score (nSPS) is 47.6. The fourth-order valence-corrected chi connectivity index (χ4v) is 12.8. The summed E-state index contributed by atoms with van der Waals surface area (Å²) >= 11 is 0. The fraction of sp³-hybridized carbons (Fsp3) is 0.949.